The number of hydrogen-bond acceptors (Lipinski definition) is 4. The summed E-state index contributed by atoms with van der Waals surface area (Å²) in [6.07, 6.45) is 4.10. The lowest BCUT2D eigenvalue weighted by Crippen LogP contribution is -2.62. The van der Waals surface area contributed by atoms with Crippen molar-refractivity contribution in [1.82, 2.24) is 0 Å². The van der Waals surface area contributed by atoms with Crippen LogP contribution in [0.25, 0.3) is 0 Å². The van der Waals surface area contributed by atoms with Gasteiger partial charge in [-0.2, -0.15) is 0 Å². The van der Waals surface area contributed by atoms with Crippen molar-refractivity contribution in [2.75, 3.05) is 0 Å². The first-order valence-electron chi connectivity index (χ1n) is 13.5. The van der Waals surface area contributed by atoms with Crippen LogP contribution in [0.3, 0.4) is 0 Å². The molecule has 0 spiro atoms. The van der Waals surface area contributed by atoms with Crippen molar-refractivity contribution in [1.29, 1.82) is 0 Å². The number of fused-ring (bicyclic) bond motifs is 4. The molecule has 4 aliphatic rings. The fourth-order valence-corrected chi connectivity index (χ4v) is 8.71. The summed E-state index contributed by atoms with van der Waals surface area (Å²) in [5.41, 5.74) is 3.29. The quantitative estimate of drug-likeness (QED) is 0.416. The molecule has 0 aromatic rings. The molecule has 0 aromatic carbocycles. The molecule has 0 heterocycles. The van der Waals surface area contributed by atoms with Gasteiger partial charge >= 0.3 is 0 Å². The fourth-order valence-electron chi connectivity index (χ4n) is 8.71. The van der Waals surface area contributed by atoms with E-state index in [0.717, 1.165) is 37.7 Å². The molecule has 4 N–H and O–H groups in total. The van der Waals surface area contributed by atoms with Gasteiger partial charge in [0, 0.05) is 5.41 Å². The number of hydrogen-bond donors (Lipinski definition) is 4. The zero-order valence-corrected chi connectivity index (χ0v) is 22.4. The molecule has 0 saturated heterocycles. The Balaban J connectivity index is 1.70. The van der Waals surface area contributed by atoms with Gasteiger partial charge in [-0.15, -0.1) is 0 Å². The Hall–Kier alpha value is -0.940. The zero-order valence-electron chi connectivity index (χ0n) is 22.4. The Labute approximate surface area is 206 Å². The van der Waals surface area contributed by atoms with E-state index in [2.05, 4.69) is 47.3 Å². The Bertz CT molecular complexity index is 897. The Morgan fingerprint density at radius 3 is 2.32 bits per heavy atom. The average molecular weight is 473 g/mol. The van der Waals surface area contributed by atoms with Crippen LogP contribution < -0.4 is 0 Å². The van der Waals surface area contributed by atoms with Gasteiger partial charge in [0.15, 0.2) is 0 Å². The minimum atomic E-state index is -0.943. The van der Waals surface area contributed by atoms with Gasteiger partial charge in [0.1, 0.15) is 6.10 Å². The molecule has 34 heavy (non-hydrogen) atoms. The van der Waals surface area contributed by atoms with E-state index in [4.69, 9.17) is 0 Å². The van der Waals surface area contributed by atoms with Crippen LogP contribution in [-0.2, 0) is 0 Å². The third-order valence-corrected chi connectivity index (χ3v) is 10.9. The van der Waals surface area contributed by atoms with E-state index in [0.29, 0.717) is 18.3 Å². The second-order valence-corrected chi connectivity index (χ2v) is 13.4. The van der Waals surface area contributed by atoms with Gasteiger partial charge in [0.2, 0.25) is 0 Å². The highest BCUT2D eigenvalue weighted by atomic mass is 16.3. The third kappa shape index (κ3) is 3.54. The summed E-state index contributed by atoms with van der Waals surface area (Å²) in [5.74, 6) is 1.32. The van der Waals surface area contributed by atoms with Crippen molar-refractivity contribution >= 4 is 0 Å². The Kier molecular flexibility index (Phi) is 6.59. The van der Waals surface area contributed by atoms with Crippen LogP contribution in [0.15, 0.2) is 34.9 Å². The molecule has 4 nitrogen and oxygen atoms in total. The summed E-state index contributed by atoms with van der Waals surface area (Å²) in [5, 5.41) is 45.0. The summed E-state index contributed by atoms with van der Waals surface area (Å²) < 4.78 is 0. The van der Waals surface area contributed by atoms with Crippen molar-refractivity contribution in [3.05, 3.63) is 34.9 Å². The predicted octanol–water partition coefficient (Wildman–Crippen LogP) is 5.17. The summed E-state index contributed by atoms with van der Waals surface area (Å²) >= 11 is 0. The van der Waals surface area contributed by atoms with Crippen LogP contribution >= 0.6 is 0 Å². The Morgan fingerprint density at radius 2 is 1.71 bits per heavy atom. The van der Waals surface area contributed by atoms with E-state index in [9.17, 15) is 20.4 Å². The number of aliphatic hydroxyl groups excluding tert-OH is 4. The predicted molar refractivity (Wildman–Crippen MR) is 137 cm³/mol. The standard InChI is InChI=1S/C30H48O4/c1-16(2)17(3)9-10-18(4)20-12-13-21-19-11-14-23-28(5,6)26(33)22(31)15-29(23,7)24(19)25(32)27(34)30(20,21)8/h13,16,18,20,22-23,25-27,31-34H,3,9-12,14-15H2,1-2,4-8H3/t18-,20-,22-,23+,25-,26+,27+,29?,30?/m1/s1. The van der Waals surface area contributed by atoms with E-state index in [1.165, 1.54) is 16.7 Å². The molecule has 0 bridgehead atoms. The molecular weight excluding hydrogens is 424 g/mol. The summed E-state index contributed by atoms with van der Waals surface area (Å²) in [4.78, 5) is 0. The molecule has 0 amide bonds. The van der Waals surface area contributed by atoms with Crippen LogP contribution in [-0.4, -0.2) is 44.8 Å². The smallest absolute Gasteiger partial charge is 0.103 e. The van der Waals surface area contributed by atoms with Crippen molar-refractivity contribution in [3.8, 4) is 0 Å². The largest absolute Gasteiger partial charge is 0.390 e. The van der Waals surface area contributed by atoms with Crippen molar-refractivity contribution in [2.24, 2.45) is 39.9 Å². The lowest BCUT2D eigenvalue weighted by atomic mass is 9.45. The average Bonchev–Trinajstić information content (AvgIpc) is 3.11. The van der Waals surface area contributed by atoms with E-state index in [-0.39, 0.29) is 11.8 Å². The highest BCUT2D eigenvalue weighted by Crippen LogP contribution is 2.66. The van der Waals surface area contributed by atoms with Gasteiger partial charge in [-0.05, 0) is 89.7 Å². The topological polar surface area (TPSA) is 80.9 Å². The normalized spacial score (nSPS) is 44.3. The second-order valence-electron chi connectivity index (χ2n) is 13.4. The van der Waals surface area contributed by atoms with Gasteiger partial charge in [0.05, 0.1) is 18.3 Å². The van der Waals surface area contributed by atoms with Gasteiger partial charge in [0.25, 0.3) is 0 Å². The van der Waals surface area contributed by atoms with Crippen LogP contribution in [0.4, 0.5) is 0 Å². The summed E-state index contributed by atoms with van der Waals surface area (Å²) in [7, 11) is 0. The second kappa shape index (κ2) is 8.57. The van der Waals surface area contributed by atoms with Gasteiger partial charge in [-0.1, -0.05) is 66.7 Å². The van der Waals surface area contributed by atoms with Gasteiger partial charge in [-0.25, -0.2) is 0 Å². The van der Waals surface area contributed by atoms with E-state index in [1.807, 2.05) is 13.8 Å². The summed E-state index contributed by atoms with van der Waals surface area (Å²) in [6, 6.07) is 0. The lowest BCUT2D eigenvalue weighted by molar-refractivity contribution is -0.164. The zero-order chi connectivity index (χ0) is 25.4. The Morgan fingerprint density at radius 1 is 1.06 bits per heavy atom. The van der Waals surface area contributed by atoms with Gasteiger partial charge < -0.3 is 20.4 Å². The summed E-state index contributed by atoms with van der Waals surface area (Å²) in [6.45, 7) is 19.3. The number of allylic oxidation sites excluding steroid dienone is 3. The molecule has 0 radical (unpaired) electrons. The van der Waals surface area contributed by atoms with Crippen molar-refractivity contribution in [3.63, 3.8) is 0 Å². The monoisotopic (exact) mass is 472 g/mol. The molecule has 2 unspecified atom stereocenters. The molecule has 0 aliphatic heterocycles. The van der Waals surface area contributed by atoms with Crippen LogP contribution in [0.5, 0.6) is 0 Å². The molecule has 4 heteroatoms. The number of aliphatic hydroxyl groups is 4. The van der Waals surface area contributed by atoms with Crippen LogP contribution in [0, 0.1) is 39.9 Å². The molecule has 1 fully saturated rings. The molecule has 0 aromatic heterocycles. The maximum atomic E-state index is 11.7. The fraction of sp³-hybridized carbons (Fsp3) is 0.800. The van der Waals surface area contributed by atoms with Crippen LogP contribution in [0.1, 0.15) is 87.0 Å². The molecule has 4 aliphatic carbocycles. The molecule has 1 saturated carbocycles. The highest BCUT2D eigenvalue weighted by Gasteiger charge is 2.63. The molecular formula is C30H48O4. The maximum Gasteiger partial charge on any atom is 0.103 e. The minimum absolute atomic E-state index is 0.141. The number of rotatable bonds is 5. The first kappa shape index (κ1) is 26.1. The minimum Gasteiger partial charge on any atom is -0.390 e. The first-order valence-corrected chi connectivity index (χ1v) is 13.5. The van der Waals surface area contributed by atoms with E-state index in [1.54, 1.807) is 0 Å². The molecule has 192 valence electrons. The third-order valence-electron chi connectivity index (χ3n) is 10.9. The van der Waals surface area contributed by atoms with E-state index < -0.39 is 40.7 Å². The highest BCUT2D eigenvalue weighted by molar-refractivity contribution is 5.53. The van der Waals surface area contributed by atoms with Crippen molar-refractivity contribution < 1.29 is 20.4 Å². The molecule has 9 atom stereocenters. The first-order chi connectivity index (χ1) is 15.7. The maximum absolute atomic E-state index is 11.7. The van der Waals surface area contributed by atoms with E-state index >= 15 is 0 Å². The SMILES string of the molecule is C=C(CC[C@@H](C)[C@H]1CC=C2C3=C([C@@H](O)[C@H](O)C21C)C1(C)C[C@@H](O)[C@H](O)C(C)(C)[C@@H]1CC3)C(C)C. The van der Waals surface area contributed by atoms with Crippen LogP contribution in [0.2, 0.25) is 0 Å². The van der Waals surface area contributed by atoms with Gasteiger partial charge in [-0.3, -0.25) is 0 Å². The van der Waals surface area contributed by atoms with Crippen molar-refractivity contribution in [2.45, 2.75) is 111 Å². The lowest BCUT2D eigenvalue weighted by Gasteiger charge is -2.61. The molecule has 4 rings (SSSR count).